The minimum Gasteiger partial charge on any atom is -0.487 e. The van der Waals surface area contributed by atoms with E-state index >= 15 is 0 Å². The number of hydrogen-bond acceptors (Lipinski definition) is 6. The molecule has 1 aliphatic heterocycles. The Labute approximate surface area is 201 Å². The molecule has 0 radical (unpaired) electrons. The molecule has 0 saturated heterocycles. The summed E-state index contributed by atoms with van der Waals surface area (Å²) < 4.78 is 34.6. The third-order valence-corrected chi connectivity index (χ3v) is 8.03. The van der Waals surface area contributed by atoms with Gasteiger partial charge in [0.25, 0.3) is 0 Å². The first kappa shape index (κ1) is 25.9. The van der Waals surface area contributed by atoms with Crippen molar-refractivity contribution in [3.05, 3.63) is 59.9 Å². The fourth-order valence-corrected chi connectivity index (χ4v) is 5.77. The second kappa shape index (κ2) is 11.1. The van der Waals surface area contributed by atoms with Crippen LogP contribution in [0.15, 0.2) is 53.7 Å². The van der Waals surface area contributed by atoms with Crippen LogP contribution in [0.5, 0.6) is 5.75 Å². The predicted molar refractivity (Wildman–Crippen MR) is 131 cm³/mol. The van der Waals surface area contributed by atoms with Gasteiger partial charge in [-0.3, -0.25) is 9.78 Å². The van der Waals surface area contributed by atoms with Crippen LogP contribution in [-0.4, -0.2) is 72.5 Å². The highest BCUT2D eigenvalue weighted by Crippen LogP contribution is 2.34. The minimum atomic E-state index is -3.89. The number of nitrogens with zero attached hydrogens (tertiary/aromatic N) is 3. The summed E-state index contributed by atoms with van der Waals surface area (Å²) in [5, 5.41) is 9.75. The summed E-state index contributed by atoms with van der Waals surface area (Å²) in [6.45, 7) is 5.61. The van der Waals surface area contributed by atoms with Gasteiger partial charge in [-0.05, 0) is 43.2 Å². The lowest BCUT2D eigenvalue weighted by molar-refractivity contribution is -0.130. The Kier molecular flexibility index (Phi) is 8.46. The molecule has 1 aliphatic rings. The second-order valence-corrected chi connectivity index (χ2v) is 10.6. The predicted octanol–water partition coefficient (Wildman–Crippen LogP) is 2.58. The maximum absolute atomic E-state index is 13.5. The van der Waals surface area contributed by atoms with E-state index < -0.39 is 22.2 Å². The van der Waals surface area contributed by atoms with Gasteiger partial charge in [0.05, 0.1) is 19.6 Å². The number of allylic oxidation sites excluding steroid dienone is 1. The number of likely N-dealkylation sites (N-methyl/N-ethyl adjacent to an activating group) is 1. The molecule has 184 valence electrons. The van der Waals surface area contributed by atoms with Crippen LogP contribution in [0.3, 0.4) is 0 Å². The van der Waals surface area contributed by atoms with E-state index in [4.69, 9.17) is 4.74 Å². The molecule has 9 heteroatoms. The minimum absolute atomic E-state index is 0.0577. The van der Waals surface area contributed by atoms with Gasteiger partial charge in [0.2, 0.25) is 15.9 Å². The van der Waals surface area contributed by atoms with Crippen LogP contribution in [0.1, 0.15) is 31.9 Å². The van der Waals surface area contributed by atoms with Gasteiger partial charge >= 0.3 is 0 Å². The molecule has 1 aromatic carbocycles. The van der Waals surface area contributed by atoms with Gasteiger partial charge in [0.15, 0.2) is 0 Å². The van der Waals surface area contributed by atoms with Crippen LogP contribution in [0.2, 0.25) is 0 Å². The molecule has 0 spiro atoms. The summed E-state index contributed by atoms with van der Waals surface area (Å²) >= 11 is 0. The fourth-order valence-electron chi connectivity index (χ4n) is 3.94. The van der Waals surface area contributed by atoms with E-state index in [0.29, 0.717) is 0 Å². The summed E-state index contributed by atoms with van der Waals surface area (Å²) in [6, 6.07) is 8.02. The van der Waals surface area contributed by atoms with Crippen LogP contribution in [0, 0.1) is 5.92 Å². The molecule has 0 unspecified atom stereocenters. The van der Waals surface area contributed by atoms with Gasteiger partial charge < -0.3 is 14.7 Å². The van der Waals surface area contributed by atoms with Gasteiger partial charge in [0, 0.05) is 37.9 Å². The average molecular weight is 488 g/mol. The number of aliphatic hydroxyl groups is 1. The summed E-state index contributed by atoms with van der Waals surface area (Å²) in [5.41, 5.74) is 1.63. The van der Waals surface area contributed by atoms with Crippen LogP contribution in [-0.2, 0) is 21.2 Å². The van der Waals surface area contributed by atoms with Crippen molar-refractivity contribution in [2.75, 3.05) is 26.7 Å². The molecule has 34 heavy (non-hydrogen) atoms. The zero-order chi connectivity index (χ0) is 24.9. The largest absolute Gasteiger partial charge is 0.487 e. The number of aromatic nitrogens is 1. The second-order valence-electron chi connectivity index (χ2n) is 8.76. The third-order valence-electron chi connectivity index (χ3n) is 6.01. The average Bonchev–Trinajstić information content (AvgIpc) is 2.81. The maximum Gasteiger partial charge on any atom is 0.247 e. The molecule has 2 aromatic rings. The van der Waals surface area contributed by atoms with E-state index in [1.54, 1.807) is 55.5 Å². The molecule has 8 nitrogen and oxygen atoms in total. The highest BCUT2D eigenvalue weighted by Gasteiger charge is 2.38. The molecule has 2 heterocycles. The number of pyridine rings is 1. The molecule has 1 amide bonds. The zero-order valence-corrected chi connectivity index (χ0v) is 20.9. The lowest BCUT2D eigenvalue weighted by Crippen LogP contribution is -2.50. The summed E-state index contributed by atoms with van der Waals surface area (Å²) in [7, 11) is -2.17. The van der Waals surface area contributed by atoms with Crippen molar-refractivity contribution in [3.63, 3.8) is 0 Å². The Bertz CT molecular complexity index is 1120. The Morgan fingerprint density at radius 1 is 1.38 bits per heavy atom. The van der Waals surface area contributed by atoms with Crippen molar-refractivity contribution in [1.82, 2.24) is 14.2 Å². The number of ether oxygens (including phenoxy) is 1. The first-order valence-electron chi connectivity index (χ1n) is 11.4. The van der Waals surface area contributed by atoms with Gasteiger partial charge in [-0.15, -0.1) is 0 Å². The smallest absolute Gasteiger partial charge is 0.247 e. The molecule has 0 aliphatic carbocycles. The number of carbonyl (C=O) groups is 1. The zero-order valence-electron chi connectivity index (χ0n) is 20.1. The molecule has 1 aromatic heterocycles. The Morgan fingerprint density at radius 2 is 2.15 bits per heavy atom. The standard InChI is InChI=1S/C25H33N3O5S/c1-5-7-20-9-10-24-22(12-20)33-23(18(2)15-28(19(3)17-29)34(24,31)32)16-27(4)25(30)13-21-8-6-11-26-14-21/h5-12,14,18-19,23,29H,13,15-17H2,1-4H3/t18-,19+,23+/m0/s1. The van der Waals surface area contributed by atoms with Crippen LogP contribution >= 0.6 is 0 Å². The number of sulfonamides is 1. The molecular formula is C25H33N3O5S. The van der Waals surface area contributed by atoms with Crippen LogP contribution in [0.4, 0.5) is 0 Å². The Morgan fingerprint density at radius 3 is 2.79 bits per heavy atom. The fraction of sp³-hybridized carbons (Fsp3) is 0.440. The number of amides is 1. The lowest BCUT2D eigenvalue weighted by atomic mass is 10.0. The highest BCUT2D eigenvalue weighted by atomic mass is 32.2. The first-order valence-corrected chi connectivity index (χ1v) is 12.8. The van der Waals surface area contributed by atoms with Gasteiger partial charge in [-0.2, -0.15) is 4.31 Å². The van der Waals surface area contributed by atoms with Crippen molar-refractivity contribution < 1.29 is 23.1 Å². The van der Waals surface area contributed by atoms with Crippen molar-refractivity contribution in [2.24, 2.45) is 5.92 Å². The third kappa shape index (κ3) is 5.84. The lowest BCUT2D eigenvalue weighted by Gasteiger charge is -2.37. The van der Waals surface area contributed by atoms with Crippen molar-refractivity contribution >= 4 is 22.0 Å². The molecule has 3 atom stereocenters. The topological polar surface area (TPSA) is 100 Å². The van der Waals surface area contributed by atoms with E-state index in [0.717, 1.165) is 11.1 Å². The number of hydrogen-bond donors (Lipinski definition) is 1. The summed E-state index contributed by atoms with van der Waals surface area (Å²) in [4.78, 5) is 18.6. The Balaban J connectivity index is 1.94. The molecule has 1 N–H and O–H groups in total. The highest BCUT2D eigenvalue weighted by molar-refractivity contribution is 7.89. The van der Waals surface area contributed by atoms with E-state index in [9.17, 15) is 18.3 Å². The molecule has 0 fully saturated rings. The van der Waals surface area contributed by atoms with Crippen LogP contribution < -0.4 is 4.74 Å². The number of fused-ring (bicyclic) bond motifs is 1. The van der Waals surface area contributed by atoms with E-state index in [1.165, 1.54) is 4.31 Å². The number of benzene rings is 1. The van der Waals surface area contributed by atoms with E-state index in [1.807, 2.05) is 32.1 Å². The van der Waals surface area contributed by atoms with Crippen molar-refractivity contribution in [1.29, 1.82) is 0 Å². The first-order chi connectivity index (χ1) is 16.2. The van der Waals surface area contributed by atoms with Crippen LogP contribution in [0.25, 0.3) is 6.08 Å². The summed E-state index contributed by atoms with van der Waals surface area (Å²) in [6.07, 6.45) is 6.82. The molecule has 3 rings (SSSR count). The van der Waals surface area contributed by atoms with E-state index in [2.05, 4.69) is 4.98 Å². The van der Waals surface area contributed by atoms with Crippen molar-refractivity contribution in [3.8, 4) is 5.75 Å². The molecule has 0 saturated carbocycles. The van der Waals surface area contributed by atoms with Gasteiger partial charge in [-0.1, -0.05) is 31.2 Å². The summed E-state index contributed by atoms with van der Waals surface area (Å²) in [5.74, 6) is -0.0757. The van der Waals surface area contributed by atoms with Gasteiger partial charge in [-0.25, -0.2) is 8.42 Å². The van der Waals surface area contributed by atoms with Gasteiger partial charge in [0.1, 0.15) is 16.7 Å². The quantitative estimate of drug-likeness (QED) is 0.644. The monoisotopic (exact) mass is 487 g/mol. The maximum atomic E-state index is 13.5. The molecule has 0 bridgehead atoms. The van der Waals surface area contributed by atoms with Crippen molar-refractivity contribution in [2.45, 2.75) is 44.2 Å². The number of carbonyl (C=O) groups excluding carboxylic acids is 1. The number of aliphatic hydroxyl groups excluding tert-OH is 1. The van der Waals surface area contributed by atoms with E-state index in [-0.39, 0.29) is 48.6 Å². The molecular weight excluding hydrogens is 454 g/mol. The normalized spacial score (nSPS) is 21.2. The Hall–Kier alpha value is -2.75. The SMILES string of the molecule is CC=Cc1ccc2c(c1)O[C@H](CN(C)C(=O)Cc1cccnc1)[C@@H](C)CN([C@H](C)CO)S2(=O)=O. The number of rotatable bonds is 7.